The molecule has 7 heteroatoms. The van der Waals surface area contributed by atoms with Crippen molar-refractivity contribution in [1.29, 1.82) is 0 Å². The first-order valence-electron chi connectivity index (χ1n) is 6.95. The molecule has 0 bridgehead atoms. The van der Waals surface area contributed by atoms with Crippen molar-refractivity contribution in [3.05, 3.63) is 23.2 Å². The molecule has 1 aliphatic rings. The predicted molar refractivity (Wildman–Crippen MR) is 81.2 cm³/mol. The molecule has 2 unspecified atom stereocenters. The van der Waals surface area contributed by atoms with Gasteiger partial charge in [-0.2, -0.15) is 0 Å². The van der Waals surface area contributed by atoms with Gasteiger partial charge < -0.3 is 9.84 Å². The molecule has 1 aromatic carbocycles. The van der Waals surface area contributed by atoms with Crippen LogP contribution in [0.5, 0.6) is 5.75 Å². The van der Waals surface area contributed by atoms with Crippen molar-refractivity contribution in [2.75, 3.05) is 13.7 Å². The third-order valence-electron chi connectivity index (χ3n) is 3.84. The molecule has 5 nitrogen and oxygen atoms in total. The number of benzene rings is 1. The fourth-order valence-corrected chi connectivity index (χ4v) is 3.98. The highest BCUT2D eigenvalue weighted by Crippen LogP contribution is 2.27. The van der Waals surface area contributed by atoms with E-state index in [-0.39, 0.29) is 22.4 Å². The molecule has 0 spiro atoms. The molecule has 0 radical (unpaired) electrons. The monoisotopic (exact) mass is 333 g/mol. The Kier molecular flexibility index (Phi) is 5.48. The third-order valence-corrected chi connectivity index (χ3v) is 5.55. The molecule has 2 atom stereocenters. The molecule has 0 heterocycles. The Morgan fingerprint density at radius 3 is 2.71 bits per heavy atom. The van der Waals surface area contributed by atoms with E-state index in [0.717, 1.165) is 25.7 Å². The normalized spacial score (nSPS) is 23.0. The molecule has 1 aliphatic carbocycles. The SMILES string of the molecule is COc1ccc(S(=O)(=O)NCC2CCCCC2O)cc1Cl. The van der Waals surface area contributed by atoms with Gasteiger partial charge in [0.15, 0.2) is 0 Å². The molecule has 2 rings (SSSR count). The van der Waals surface area contributed by atoms with E-state index in [1.54, 1.807) is 0 Å². The number of sulfonamides is 1. The lowest BCUT2D eigenvalue weighted by Gasteiger charge is -2.27. The van der Waals surface area contributed by atoms with Crippen molar-refractivity contribution in [1.82, 2.24) is 4.72 Å². The van der Waals surface area contributed by atoms with E-state index in [9.17, 15) is 13.5 Å². The summed E-state index contributed by atoms with van der Waals surface area (Å²) in [5.41, 5.74) is 0. The minimum absolute atomic E-state index is 0.0257. The second kappa shape index (κ2) is 6.96. The van der Waals surface area contributed by atoms with Crippen LogP contribution in [-0.2, 0) is 10.0 Å². The van der Waals surface area contributed by atoms with Crippen molar-refractivity contribution >= 4 is 21.6 Å². The smallest absolute Gasteiger partial charge is 0.240 e. The molecule has 0 saturated heterocycles. The zero-order valence-electron chi connectivity index (χ0n) is 11.9. The number of nitrogens with one attached hydrogen (secondary N) is 1. The van der Waals surface area contributed by atoms with Gasteiger partial charge in [0, 0.05) is 6.54 Å². The first-order chi connectivity index (χ1) is 9.94. The highest BCUT2D eigenvalue weighted by molar-refractivity contribution is 7.89. The Balaban J connectivity index is 2.06. The minimum Gasteiger partial charge on any atom is -0.495 e. The Morgan fingerprint density at radius 2 is 2.10 bits per heavy atom. The number of methoxy groups -OCH3 is 1. The molecular formula is C14H20ClNO4S. The molecular weight excluding hydrogens is 314 g/mol. The van der Waals surface area contributed by atoms with Crippen LogP contribution in [0.25, 0.3) is 0 Å². The van der Waals surface area contributed by atoms with Crippen LogP contribution in [-0.4, -0.2) is 33.3 Å². The van der Waals surface area contributed by atoms with E-state index >= 15 is 0 Å². The summed E-state index contributed by atoms with van der Waals surface area (Å²) in [7, 11) is -2.16. The lowest BCUT2D eigenvalue weighted by Crippen LogP contribution is -2.36. The van der Waals surface area contributed by atoms with Crippen molar-refractivity contribution in [3.63, 3.8) is 0 Å². The maximum atomic E-state index is 12.2. The summed E-state index contributed by atoms with van der Waals surface area (Å²) in [6.45, 7) is 0.243. The summed E-state index contributed by atoms with van der Waals surface area (Å²) in [5.74, 6) is 0.403. The van der Waals surface area contributed by atoms with Gasteiger partial charge in [-0.3, -0.25) is 0 Å². The molecule has 2 N–H and O–H groups in total. The Morgan fingerprint density at radius 1 is 1.38 bits per heavy atom. The summed E-state index contributed by atoms with van der Waals surface area (Å²) >= 11 is 5.95. The molecule has 21 heavy (non-hydrogen) atoms. The van der Waals surface area contributed by atoms with Crippen molar-refractivity contribution < 1.29 is 18.3 Å². The minimum atomic E-state index is -3.63. The Labute approximate surface area is 130 Å². The van der Waals surface area contributed by atoms with E-state index in [2.05, 4.69) is 4.72 Å². The zero-order chi connectivity index (χ0) is 15.5. The van der Waals surface area contributed by atoms with Gasteiger partial charge in [0.1, 0.15) is 5.75 Å². The summed E-state index contributed by atoms with van der Waals surface area (Å²) in [4.78, 5) is 0.0959. The average molecular weight is 334 g/mol. The standard InChI is InChI=1S/C14H20ClNO4S/c1-20-14-7-6-11(8-12(14)15)21(18,19)16-9-10-4-2-3-5-13(10)17/h6-8,10,13,16-17H,2-5,9H2,1H3. The summed E-state index contributed by atoms with van der Waals surface area (Å²) in [5, 5.41) is 10.1. The highest BCUT2D eigenvalue weighted by Gasteiger charge is 2.25. The fourth-order valence-electron chi connectivity index (χ4n) is 2.54. The van der Waals surface area contributed by atoms with E-state index in [1.165, 1.54) is 25.3 Å². The van der Waals surface area contributed by atoms with Gasteiger partial charge in [0.05, 0.1) is 23.1 Å². The topological polar surface area (TPSA) is 75.6 Å². The fraction of sp³-hybridized carbons (Fsp3) is 0.571. The predicted octanol–water partition coefficient (Wildman–Crippen LogP) is 2.18. The zero-order valence-corrected chi connectivity index (χ0v) is 13.5. The molecule has 1 saturated carbocycles. The maximum Gasteiger partial charge on any atom is 0.240 e. The molecule has 0 aromatic heterocycles. The van der Waals surface area contributed by atoms with E-state index in [1.807, 2.05) is 0 Å². The lowest BCUT2D eigenvalue weighted by molar-refractivity contribution is 0.0724. The number of halogens is 1. The third kappa shape index (κ3) is 4.10. The van der Waals surface area contributed by atoms with Gasteiger partial charge in [-0.1, -0.05) is 24.4 Å². The van der Waals surface area contributed by atoms with Gasteiger partial charge in [-0.25, -0.2) is 13.1 Å². The lowest BCUT2D eigenvalue weighted by atomic mass is 9.87. The van der Waals surface area contributed by atoms with E-state index < -0.39 is 16.1 Å². The highest BCUT2D eigenvalue weighted by atomic mass is 35.5. The van der Waals surface area contributed by atoms with Gasteiger partial charge in [0.25, 0.3) is 0 Å². The molecule has 0 aliphatic heterocycles. The van der Waals surface area contributed by atoms with Crippen molar-refractivity contribution in [2.24, 2.45) is 5.92 Å². The molecule has 1 aromatic rings. The number of ether oxygens (including phenoxy) is 1. The number of hydrogen-bond acceptors (Lipinski definition) is 4. The van der Waals surface area contributed by atoms with Crippen LogP contribution in [0, 0.1) is 5.92 Å². The summed E-state index contributed by atoms with van der Waals surface area (Å²) < 4.78 is 32.0. The molecule has 0 amide bonds. The van der Waals surface area contributed by atoms with Crippen LogP contribution in [0.3, 0.4) is 0 Å². The molecule has 118 valence electrons. The van der Waals surface area contributed by atoms with Crippen LogP contribution in [0.1, 0.15) is 25.7 Å². The van der Waals surface area contributed by atoms with Gasteiger partial charge in [-0.05, 0) is 37.0 Å². The second-order valence-corrected chi connectivity index (χ2v) is 7.43. The number of rotatable bonds is 5. The van der Waals surface area contributed by atoms with Gasteiger partial charge >= 0.3 is 0 Å². The van der Waals surface area contributed by atoms with Crippen LogP contribution in [0.4, 0.5) is 0 Å². The number of hydrogen-bond donors (Lipinski definition) is 2. The van der Waals surface area contributed by atoms with Crippen LogP contribution < -0.4 is 9.46 Å². The van der Waals surface area contributed by atoms with Crippen molar-refractivity contribution in [3.8, 4) is 5.75 Å². The van der Waals surface area contributed by atoms with Crippen LogP contribution in [0.15, 0.2) is 23.1 Å². The number of aliphatic hydroxyl groups is 1. The number of aliphatic hydroxyl groups excluding tert-OH is 1. The second-order valence-electron chi connectivity index (χ2n) is 5.26. The van der Waals surface area contributed by atoms with Crippen molar-refractivity contribution in [2.45, 2.75) is 36.7 Å². The van der Waals surface area contributed by atoms with E-state index in [4.69, 9.17) is 16.3 Å². The van der Waals surface area contributed by atoms with Gasteiger partial charge in [-0.15, -0.1) is 0 Å². The average Bonchev–Trinajstić information content (AvgIpc) is 2.46. The van der Waals surface area contributed by atoms with Crippen LogP contribution >= 0.6 is 11.6 Å². The quantitative estimate of drug-likeness (QED) is 0.866. The Bertz CT molecular complexity index is 591. The van der Waals surface area contributed by atoms with E-state index in [0.29, 0.717) is 5.75 Å². The summed E-state index contributed by atoms with van der Waals surface area (Å²) in [6.07, 6.45) is 3.17. The first kappa shape index (κ1) is 16.5. The maximum absolute atomic E-state index is 12.2. The van der Waals surface area contributed by atoms with Crippen LogP contribution in [0.2, 0.25) is 5.02 Å². The molecule has 1 fully saturated rings. The first-order valence-corrected chi connectivity index (χ1v) is 8.81. The summed E-state index contributed by atoms with van der Waals surface area (Å²) in [6, 6.07) is 4.33. The Hall–Kier alpha value is -0.820. The van der Waals surface area contributed by atoms with Gasteiger partial charge in [0.2, 0.25) is 10.0 Å². The largest absolute Gasteiger partial charge is 0.495 e.